The second-order valence-corrected chi connectivity index (χ2v) is 6.55. The second-order valence-electron chi connectivity index (χ2n) is 6.12. The van der Waals surface area contributed by atoms with Crippen LogP contribution in [0, 0.1) is 0 Å². The van der Waals surface area contributed by atoms with Crippen molar-refractivity contribution in [3.63, 3.8) is 0 Å². The van der Waals surface area contributed by atoms with Crippen LogP contribution in [-0.2, 0) is 11.3 Å². The first-order valence-corrected chi connectivity index (χ1v) is 8.98. The van der Waals surface area contributed by atoms with Crippen molar-refractivity contribution in [2.24, 2.45) is 0 Å². The van der Waals surface area contributed by atoms with Crippen molar-refractivity contribution in [2.75, 3.05) is 20.3 Å². The van der Waals surface area contributed by atoms with Crippen molar-refractivity contribution in [3.05, 3.63) is 58.6 Å². The average Bonchev–Trinajstić information content (AvgIpc) is 3.18. The molecule has 1 fully saturated rings. The molecule has 3 rings (SSSR count). The molecule has 0 unspecified atom stereocenters. The smallest absolute Gasteiger partial charge is 0.251 e. The molecule has 0 spiro atoms. The number of carbonyl (C=O) groups excluding carboxylic acids is 1. The largest absolute Gasteiger partial charge is 0.496 e. The number of halogens is 1. The van der Waals surface area contributed by atoms with Gasteiger partial charge in [0.05, 0.1) is 13.2 Å². The van der Waals surface area contributed by atoms with E-state index in [-0.39, 0.29) is 18.6 Å². The number of benzene rings is 2. The molecule has 138 valence electrons. The first kappa shape index (κ1) is 18.5. The van der Waals surface area contributed by atoms with Crippen LogP contribution in [0.15, 0.2) is 42.5 Å². The van der Waals surface area contributed by atoms with Crippen molar-refractivity contribution >= 4 is 17.5 Å². The molecule has 1 aliphatic heterocycles. The first-order valence-electron chi connectivity index (χ1n) is 8.61. The molecule has 26 heavy (non-hydrogen) atoms. The zero-order valence-corrected chi connectivity index (χ0v) is 15.4. The van der Waals surface area contributed by atoms with Gasteiger partial charge in [-0.05, 0) is 49.2 Å². The number of hydrogen-bond acceptors (Lipinski definition) is 4. The lowest BCUT2D eigenvalue weighted by molar-refractivity contribution is 0.0857. The van der Waals surface area contributed by atoms with Crippen molar-refractivity contribution < 1.29 is 19.0 Å². The highest BCUT2D eigenvalue weighted by Crippen LogP contribution is 2.24. The fourth-order valence-corrected chi connectivity index (χ4v) is 3.04. The highest BCUT2D eigenvalue weighted by atomic mass is 35.5. The molecule has 6 heteroatoms. The molecule has 0 radical (unpaired) electrons. The monoisotopic (exact) mass is 375 g/mol. The van der Waals surface area contributed by atoms with Gasteiger partial charge in [-0.25, -0.2) is 0 Å². The van der Waals surface area contributed by atoms with Gasteiger partial charge in [-0.1, -0.05) is 17.7 Å². The van der Waals surface area contributed by atoms with E-state index in [4.69, 9.17) is 25.8 Å². The molecule has 0 aliphatic carbocycles. The molecule has 1 N–H and O–H groups in total. The molecule has 5 nitrogen and oxygen atoms in total. The normalized spacial score (nSPS) is 16.3. The van der Waals surface area contributed by atoms with Gasteiger partial charge in [-0.3, -0.25) is 4.79 Å². The van der Waals surface area contributed by atoms with Gasteiger partial charge < -0.3 is 19.5 Å². The van der Waals surface area contributed by atoms with Crippen LogP contribution in [0.2, 0.25) is 5.02 Å². The fourth-order valence-electron chi connectivity index (χ4n) is 2.86. The summed E-state index contributed by atoms with van der Waals surface area (Å²) < 4.78 is 16.7. The Labute approximate surface area is 158 Å². The molecule has 1 heterocycles. The van der Waals surface area contributed by atoms with Crippen LogP contribution < -0.4 is 14.8 Å². The zero-order valence-electron chi connectivity index (χ0n) is 14.7. The van der Waals surface area contributed by atoms with Gasteiger partial charge in [-0.15, -0.1) is 0 Å². The molecular formula is C20H22ClNO4. The molecule has 2 aromatic rings. The molecule has 0 saturated carbocycles. The van der Waals surface area contributed by atoms with Crippen LogP contribution in [-0.4, -0.2) is 32.3 Å². The minimum absolute atomic E-state index is 0.114. The predicted octanol–water partition coefficient (Wildman–Crippen LogP) is 3.84. The topological polar surface area (TPSA) is 56.8 Å². The van der Waals surface area contributed by atoms with Crippen molar-refractivity contribution in [1.82, 2.24) is 5.32 Å². The standard InChI is InChI=1S/C20H22ClNO4/c1-24-19-8-7-14(20(23)22-12-18-6-3-9-25-18)10-15(19)13-26-17-5-2-4-16(21)11-17/h2,4-5,7-8,10-11,18H,3,6,9,12-13H2,1H3,(H,22,23)/t18-/m0/s1. The van der Waals surface area contributed by atoms with Crippen LogP contribution >= 0.6 is 11.6 Å². The summed E-state index contributed by atoms with van der Waals surface area (Å²) in [5.41, 5.74) is 1.35. The van der Waals surface area contributed by atoms with Crippen molar-refractivity contribution in [3.8, 4) is 11.5 Å². The predicted molar refractivity (Wildman–Crippen MR) is 100 cm³/mol. The quantitative estimate of drug-likeness (QED) is 0.798. The lowest BCUT2D eigenvalue weighted by Crippen LogP contribution is -2.31. The van der Waals surface area contributed by atoms with Gasteiger partial charge in [0, 0.05) is 29.3 Å². The Hall–Kier alpha value is -2.24. The Morgan fingerprint density at radius 3 is 2.92 bits per heavy atom. The Bertz CT molecular complexity index is 759. The van der Waals surface area contributed by atoms with E-state index in [0.717, 1.165) is 25.0 Å². The lowest BCUT2D eigenvalue weighted by Gasteiger charge is -2.14. The van der Waals surface area contributed by atoms with Crippen molar-refractivity contribution in [1.29, 1.82) is 0 Å². The van der Waals surface area contributed by atoms with Gasteiger partial charge in [0.2, 0.25) is 0 Å². The third-order valence-corrected chi connectivity index (χ3v) is 4.48. The third kappa shape index (κ3) is 4.90. The van der Waals surface area contributed by atoms with E-state index in [0.29, 0.717) is 28.6 Å². The number of rotatable bonds is 7. The summed E-state index contributed by atoms with van der Waals surface area (Å²) in [4.78, 5) is 12.4. The Morgan fingerprint density at radius 2 is 2.19 bits per heavy atom. The summed E-state index contributed by atoms with van der Waals surface area (Å²) >= 11 is 5.97. The van der Waals surface area contributed by atoms with E-state index in [2.05, 4.69) is 5.32 Å². The summed E-state index contributed by atoms with van der Waals surface area (Å²) in [5.74, 6) is 1.20. The third-order valence-electron chi connectivity index (χ3n) is 4.25. The average molecular weight is 376 g/mol. The number of methoxy groups -OCH3 is 1. The van der Waals surface area contributed by atoms with E-state index < -0.39 is 0 Å². The highest BCUT2D eigenvalue weighted by Gasteiger charge is 2.17. The van der Waals surface area contributed by atoms with Gasteiger partial charge >= 0.3 is 0 Å². The van der Waals surface area contributed by atoms with Gasteiger partial charge in [0.15, 0.2) is 0 Å². The fraction of sp³-hybridized carbons (Fsp3) is 0.350. The second kappa shape index (κ2) is 8.92. The number of hydrogen-bond donors (Lipinski definition) is 1. The lowest BCUT2D eigenvalue weighted by atomic mass is 10.1. The van der Waals surface area contributed by atoms with E-state index >= 15 is 0 Å². The SMILES string of the molecule is COc1ccc(C(=O)NC[C@@H]2CCCO2)cc1COc1cccc(Cl)c1. The number of nitrogens with one attached hydrogen (secondary N) is 1. The summed E-state index contributed by atoms with van der Waals surface area (Å²) in [7, 11) is 1.59. The molecule has 0 bridgehead atoms. The van der Waals surface area contributed by atoms with E-state index in [9.17, 15) is 4.79 Å². The van der Waals surface area contributed by atoms with E-state index in [1.807, 2.05) is 12.1 Å². The van der Waals surface area contributed by atoms with Gasteiger partial charge in [-0.2, -0.15) is 0 Å². The van der Waals surface area contributed by atoms with Gasteiger partial charge in [0.1, 0.15) is 18.1 Å². The summed E-state index contributed by atoms with van der Waals surface area (Å²) in [6.07, 6.45) is 2.15. The van der Waals surface area contributed by atoms with E-state index in [1.54, 1.807) is 37.4 Å². The molecule has 1 aliphatic rings. The molecular weight excluding hydrogens is 354 g/mol. The molecule has 1 atom stereocenters. The van der Waals surface area contributed by atoms with Crippen LogP contribution in [0.4, 0.5) is 0 Å². The van der Waals surface area contributed by atoms with Crippen LogP contribution in [0.3, 0.4) is 0 Å². The minimum atomic E-state index is -0.132. The Morgan fingerprint density at radius 1 is 1.31 bits per heavy atom. The maximum absolute atomic E-state index is 12.4. The zero-order chi connectivity index (χ0) is 18.4. The summed E-state index contributed by atoms with van der Waals surface area (Å²) in [6.45, 7) is 1.57. The maximum atomic E-state index is 12.4. The van der Waals surface area contributed by atoms with Crippen LogP contribution in [0.5, 0.6) is 11.5 Å². The summed E-state index contributed by atoms with van der Waals surface area (Å²) in [5, 5.41) is 3.53. The highest BCUT2D eigenvalue weighted by molar-refractivity contribution is 6.30. The molecule has 1 saturated heterocycles. The maximum Gasteiger partial charge on any atom is 0.251 e. The molecule has 2 aromatic carbocycles. The Kier molecular flexibility index (Phi) is 6.36. The van der Waals surface area contributed by atoms with Crippen LogP contribution in [0.25, 0.3) is 0 Å². The molecule has 1 amide bonds. The van der Waals surface area contributed by atoms with E-state index in [1.165, 1.54) is 0 Å². The Balaban J connectivity index is 1.66. The summed E-state index contributed by atoms with van der Waals surface area (Å²) in [6, 6.07) is 12.5. The van der Waals surface area contributed by atoms with Crippen LogP contribution in [0.1, 0.15) is 28.8 Å². The number of ether oxygens (including phenoxy) is 3. The molecule has 0 aromatic heterocycles. The number of amides is 1. The number of carbonyl (C=O) groups is 1. The first-order chi connectivity index (χ1) is 12.7. The van der Waals surface area contributed by atoms with Crippen molar-refractivity contribution in [2.45, 2.75) is 25.6 Å². The minimum Gasteiger partial charge on any atom is -0.496 e. The van der Waals surface area contributed by atoms with Gasteiger partial charge in [0.25, 0.3) is 5.91 Å².